The summed E-state index contributed by atoms with van der Waals surface area (Å²) in [5.41, 5.74) is 2.72. The molecule has 1 aromatic rings. The van der Waals surface area contributed by atoms with Crippen LogP contribution in [0.1, 0.15) is 38.8 Å². The van der Waals surface area contributed by atoms with Crippen molar-refractivity contribution < 1.29 is 4.74 Å². The van der Waals surface area contributed by atoms with E-state index in [1.165, 1.54) is 11.1 Å². The van der Waals surface area contributed by atoms with Crippen molar-refractivity contribution in [2.24, 2.45) is 5.92 Å². The predicted octanol–water partition coefficient (Wildman–Crippen LogP) is 3.40. The Hall–Kier alpha value is -0.860. The fraction of sp³-hybridized carbons (Fsp3) is 0.625. The van der Waals surface area contributed by atoms with E-state index in [0.29, 0.717) is 12.0 Å². The van der Waals surface area contributed by atoms with E-state index in [0.717, 1.165) is 26.1 Å². The van der Waals surface area contributed by atoms with Crippen molar-refractivity contribution >= 4 is 0 Å². The molecule has 0 saturated carbocycles. The summed E-state index contributed by atoms with van der Waals surface area (Å²) >= 11 is 0. The predicted molar refractivity (Wildman–Crippen MR) is 77.8 cm³/mol. The third-order valence-corrected chi connectivity index (χ3v) is 3.38. The van der Waals surface area contributed by atoms with Crippen molar-refractivity contribution in [1.82, 2.24) is 5.32 Å². The number of ether oxygens (including phenoxy) is 1. The van der Waals surface area contributed by atoms with Gasteiger partial charge in [-0.2, -0.15) is 0 Å². The average Bonchev–Trinajstić information content (AvgIpc) is 2.37. The van der Waals surface area contributed by atoms with E-state index < -0.39 is 0 Å². The molecule has 0 aliphatic heterocycles. The Bertz CT molecular complexity index is 336. The van der Waals surface area contributed by atoms with Gasteiger partial charge in [0.25, 0.3) is 0 Å². The maximum absolute atomic E-state index is 5.92. The van der Waals surface area contributed by atoms with E-state index in [2.05, 4.69) is 57.3 Å². The maximum Gasteiger partial charge on any atom is 0.0723 e. The summed E-state index contributed by atoms with van der Waals surface area (Å²) in [5.74, 6) is 0.568. The summed E-state index contributed by atoms with van der Waals surface area (Å²) in [7, 11) is 0. The van der Waals surface area contributed by atoms with Gasteiger partial charge >= 0.3 is 0 Å². The first kappa shape index (κ1) is 15.2. The number of hydrogen-bond donors (Lipinski definition) is 1. The molecule has 102 valence electrons. The minimum absolute atomic E-state index is 0.312. The quantitative estimate of drug-likeness (QED) is 0.713. The third kappa shape index (κ3) is 5.19. The Morgan fingerprint density at radius 2 is 1.78 bits per heavy atom. The fourth-order valence-electron chi connectivity index (χ4n) is 1.76. The zero-order chi connectivity index (χ0) is 13.4. The highest BCUT2D eigenvalue weighted by molar-refractivity contribution is 5.26. The van der Waals surface area contributed by atoms with Crippen LogP contribution in [0.5, 0.6) is 0 Å². The lowest BCUT2D eigenvalue weighted by Gasteiger charge is -2.18. The van der Waals surface area contributed by atoms with Crippen molar-refractivity contribution in [3.8, 4) is 0 Å². The summed E-state index contributed by atoms with van der Waals surface area (Å²) < 4.78 is 5.92. The highest BCUT2D eigenvalue weighted by atomic mass is 16.5. The molecule has 1 atom stereocenters. The van der Waals surface area contributed by atoms with Crippen LogP contribution in [0.3, 0.4) is 0 Å². The minimum atomic E-state index is 0.312. The monoisotopic (exact) mass is 249 g/mol. The third-order valence-electron chi connectivity index (χ3n) is 3.38. The summed E-state index contributed by atoms with van der Waals surface area (Å²) in [4.78, 5) is 0. The fourth-order valence-corrected chi connectivity index (χ4v) is 1.76. The molecule has 1 unspecified atom stereocenters. The Balaban J connectivity index is 2.53. The largest absolute Gasteiger partial charge is 0.374 e. The lowest BCUT2D eigenvalue weighted by Crippen LogP contribution is -2.18. The van der Waals surface area contributed by atoms with Gasteiger partial charge in [-0.05, 0) is 43.5 Å². The molecule has 2 nitrogen and oxygen atoms in total. The van der Waals surface area contributed by atoms with Gasteiger partial charge in [0.05, 0.1) is 12.7 Å². The lowest BCUT2D eigenvalue weighted by molar-refractivity contribution is 0.0232. The van der Waals surface area contributed by atoms with Gasteiger partial charge in [-0.1, -0.05) is 45.0 Å². The molecule has 0 saturated heterocycles. The summed E-state index contributed by atoms with van der Waals surface area (Å²) in [5, 5.41) is 3.37. The molecule has 0 aliphatic carbocycles. The van der Waals surface area contributed by atoms with Gasteiger partial charge in [0.15, 0.2) is 0 Å². The average molecular weight is 249 g/mol. The van der Waals surface area contributed by atoms with Gasteiger partial charge < -0.3 is 10.1 Å². The lowest BCUT2D eigenvalue weighted by atomic mass is 10.0. The van der Waals surface area contributed by atoms with Crippen molar-refractivity contribution in [2.75, 3.05) is 13.1 Å². The van der Waals surface area contributed by atoms with Crippen LogP contribution in [0.2, 0.25) is 0 Å². The topological polar surface area (TPSA) is 21.3 Å². The van der Waals surface area contributed by atoms with Gasteiger partial charge in [-0.3, -0.25) is 0 Å². The second-order valence-corrected chi connectivity index (χ2v) is 5.13. The summed E-state index contributed by atoms with van der Waals surface area (Å²) in [6, 6.07) is 8.58. The molecular formula is C16H27NO. The second-order valence-electron chi connectivity index (χ2n) is 5.13. The SMILES string of the molecule is CCNCCc1ccccc1COC(C)C(C)C. The van der Waals surface area contributed by atoms with Gasteiger partial charge in [0, 0.05) is 0 Å². The van der Waals surface area contributed by atoms with Crippen molar-refractivity contribution in [1.29, 1.82) is 0 Å². The molecule has 1 N–H and O–H groups in total. The van der Waals surface area contributed by atoms with E-state index in [-0.39, 0.29) is 0 Å². The van der Waals surface area contributed by atoms with Crippen molar-refractivity contribution in [2.45, 2.75) is 46.8 Å². The molecule has 1 aromatic carbocycles. The van der Waals surface area contributed by atoms with E-state index in [1.54, 1.807) is 0 Å². The van der Waals surface area contributed by atoms with Crippen molar-refractivity contribution in [3.63, 3.8) is 0 Å². The van der Waals surface area contributed by atoms with E-state index >= 15 is 0 Å². The number of benzene rings is 1. The van der Waals surface area contributed by atoms with Crippen LogP contribution in [0, 0.1) is 5.92 Å². The normalized spacial score (nSPS) is 12.9. The highest BCUT2D eigenvalue weighted by Gasteiger charge is 2.08. The van der Waals surface area contributed by atoms with Crippen LogP contribution in [0.25, 0.3) is 0 Å². The number of nitrogens with one attached hydrogen (secondary N) is 1. The van der Waals surface area contributed by atoms with Crippen LogP contribution < -0.4 is 5.32 Å². The van der Waals surface area contributed by atoms with Gasteiger partial charge in [-0.15, -0.1) is 0 Å². The van der Waals surface area contributed by atoms with Crippen LogP contribution in [-0.4, -0.2) is 19.2 Å². The van der Waals surface area contributed by atoms with Crippen LogP contribution in [0.4, 0.5) is 0 Å². The molecule has 0 fully saturated rings. The van der Waals surface area contributed by atoms with E-state index in [9.17, 15) is 0 Å². The van der Waals surface area contributed by atoms with Crippen molar-refractivity contribution in [3.05, 3.63) is 35.4 Å². The first-order valence-corrected chi connectivity index (χ1v) is 7.04. The zero-order valence-corrected chi connectivity index (χ0v) is 12.2. The summed E-state index contributed by atoms with van der Waals surface area (Å²) in [6.45, 7) is 11.5. The van der Waals surface area contributed by atoms with Gasteiger partial charge in [-0.25, -0.2) is 0 Å². The van der Waals surface area contributed by atoms with E-state index in [4.69, 9.17) is 4.74 Å². The highest BCUT2D eigenvalue weighted by Crippen LogP contribution is 2.14. The molecule has 0 aliphatic rings. The van der Waals surface area contributed by atoms with Crippen LogP contribution in [-0.2, 0) is 17.8 Å². The number of hydrogen-bond acceptors (Lipinski definition) is 2. The number of rotatable bonds is 8. The molecule has 0 amide bonds. The molecule has 0 spiro atoms. The Morgan fingerprint density at radius 3 is 2.39 bits per heavy atom. The molecule has 0 bridgehead atoms. The molecule has 1 rings (SSSR count). The Kier molecular flexibility index (Phi) is 6.99. The van der Waals surface area contributed by atoms with Crippen LogP contribution >= 0.6 is 0 Å². The Morgan fingerprint density at radius 1 is 1.11 bits per heavy atom. The van der Waals surface area contributed by atoms with Crippen LogP contribution in [0.15, 0.2) is 24.3 Å². The maximum atomic E-state index is 5.92. The Labute approximate surface area is 112 Å². The number of likely N-dealkylation sites (N-methyl/N-ethyl adjacent to an activating group) is 1. The molecule has 2 heteroatoms. The molecule has 0 heterocycles. The molecule has 0 radical (unpaired) electrons. The first-order chi connectivity index (χ1) is 8.65. The molecule has 18 heavy (non-hydrogen) atoms. The van der Waals surface area contributed by atoms with Gasteiger partial charge in [0.2, 0.25) is 0 Å². The molecule has 0 aromatic heterocycles. The summed E-state index contributed by atoms with van der Waals surface area (Å²) in [6.07, 6.45) is 1.38. The second kappa shape index (κ2) is 8.28. The smallest absolute Gasteiger partial charge is 0.0723 e. The first-order valence-electron chi connectivity index (χ1n) is 7.04. The molecular weight excluding hydrogens is 222 g/mol. The van der Waals surface area contributed by atoms with Gasteiger partial charge in [0.1, 0.15) is 0 Å². The standard InChI is InChI=1S/C16H27NO/c1-5-17-11-10-15-8-6-7-9-16(15)12-18-14(4)13(2)3/h6-9,13-14,17H,5,10-12H2,1-4H3. The zero-order valence-electron chi connectivity index (χ0n) is 12.2. The van der Waals surface area contributed by atoms with E-state index in [1.807, 2.05) is 0 Å². The minimum Gasteiger partial charge on any atom is -0.374 e.